The van der Waals surface area contributed by atoms with Crippen molar-refractivity contribution in [3.63, 3.8) is 0 Å². The van der Waals surface area contributed by atoms with Gasteiger partial charge in [-0.2, -0.15) is 0 Å². The van der Waals surface area contributed by atoms with Gasteiger partial charge in [-0.3, -0.25) is 4.98 Å². The van der Waals surface area contributed by atoms with Gasteiger partial charge in [-0.05, 0) is 24.8 Å². The van der Waals surface area contributed by atoms with Crippen LogP contribution in [0.3, 0.4) is 0 Å². The lowest BCUT2D eigenvalue weighted by atomic mass is 10.2. The highest BCUT2D eigenvalue weighted by molar-refractivity contribution is 7.89. The van der Waals surface area contributed by atoms with Gasteiger partial charge in [-0.1, -0.05) is 25.2 Å². The lowest BCUT2D eigenvalue weighted by Gasteiger charge is -2.06. The Balaban J connectivity index is 2.10. The van der Waals surface area contributed by atoms with E-state index in [0.717, 1.165) is 19.3 Å². The first kappa shape index (κ1) is 15.0. The van der Waals surface area contributed by atoms with Crippen LogP contribution in [0.2, 0.25) is 0 Å². The molecule has 5 nitrogen and oxygen atoms in total. The molecule has 2 rings (SSSR count). The van der Waals surface area contributed by atoms with Crippen molar-refractivity contribution in [2.24, 2.45) is 11.7 Å². The third kappa shape index (κ3) is 3.79. The van der Waals surface area contributed by atoms with Crippen LogP contribution < -0.4 is 10.5 Å². The molecule has 0 amide bonds. The summed E-state index contributed by atoms with van der Waals surface area (Å²) < 4.78 is 27.2. The van der Waals surface area contributed by atoms with Crippen LogP contribution in [0.5, 0.6) is 0 Å². The number of nitrogens with zero attached hydrogens (tertiary/aromatic N) is 1. The standard InChI is InChI=1S/C14H19N3O2S/c1-2-4-12-8-14(12)17-20(18,19)13-7-11(5-3-6-15)9-16-10-13/h7,9-10,12,14,17H,2,4,6,8,15H2,1H3. The van der Waals surface area contributed by atoms with Gasteiger partial charge in [0.05, 0.1) is 6.54 Å². The molecule has 0 bridgehead atoms. The zero-order chi connectivity index (χ0) is 14.6. The number of aromatic nitrogens is 1. The minimum absolute atomic E-state index is 0.0683. The first-order valence-corrected chi connectivity index (χ1v) is 8.21. The largest absolute Gasteiger partial charge is 0.320 e. The first-order chi connectivity index (χ1) is 9.56. The minimum Gasteiger partial charge on any atom is -0.320 e. The topological polar surface area (TPSA) is 85.1 Å². The van der Waals surface area contributed by atoms with E-state index in [-0.39, 0.29) is 17.5 Å². The predicted molar refractivity (Wildman–Crippen MR) is 77.3 cm³/mol. The molecule has 0 aliphatic heterocycles. The normalized spacial score (nSPS) is 21.1. The van der Waals surface area contributed by atoms with E-state index < -0.39 is 10.0 Å². The van der Waals surface area contributed by atoms with Crippen LogP contribution in [-0.4, -0.2) is 26.0 Å². The number of rotatable bonds is 5. The summed E-state index contributed by atoms with van der Waals surface area (Å²) in [5.74, 6) is 5.94. The molecule has 1 saturated carbocycles. The molecule has 2 unspecified atom stereocenters. The fourth-order valence-corrected chi connectivity index (χ4v) is 3.44. The van der Waals surface area contributed by atoms with Gasteiger partial charge < -0.3 is 5.73 Å². The molecule has 0 aromatic carbocycles. The molecule has 1 aliphatic carbocycles. The lowest BCUT2D eigenvalue weighted by molar-refractivity contribution is 0.572. The summed E-state index contributed by atoms with van der Waals surface area (Å²) in [6.07, 6.45) is 5.93. The number of nitrogens with one attached hydrogen (secondary N) is 1. The van der Waals surface area contributed by atoms with E-state index in [1.165, 1.54) is 18.5 Å². The van der Waals surface area contributed by atoms with Crippen molar-refractivity contribution in [3.05, 3.63) is 24.0 Å². The predicted octanol–water partition coefficient (Wildman–Crippen LogP) is 0.859. The third-order valence-corrected chi connectivity index (χ3v) is 4.70. The van der Waals surface area contributed by atoms with Crippen LogP contribution in [0.25, 0.3) is 0 Å². The van der Waals surface area contributed by atoms with Gasteiger partial charge in [0.25, 0.3) is 0 Å². The van der Waals surface area contributed by atoms with Crippen LogP contribution in [0.15, 0.2) is 23.4 Å². The van der Waals surface area contributed by atoms with E-state index in [2.05, 4.69) is 28.5 Å². The first-order valence-electron chi connectivity index (χ1n) is 6.73. The smallest absolute Gasteiger partial charge is 0.242 e. The van der Waals surface area contributed by atoms with Gasteiger partial charge in [0.15, 0.2) is 0 Å². The molecule has 3 N–H and O–H groups in total. The molecule has 2 atom stereocenters. The quantitative estimate of drug-likeness (QED) is 0.789. The van der Waals surface area contributed by atoms with E-state index in [1.807, 2.05) is 0 Å². The van der Waals surface area contributed by atoms with Crippen molar-refractivity contribution in [2.45, 2.75) is 37.1 Å². The van der Waals surface area contributed by atoms with Gasteiger partial charge in [0.1, 0.15) is 4.90 Å². The third-order valence-electron chi connectivity index (χ3n) is 3.25. The average molecular weight is 293 g/mol. The van der Waals surface area contributed by atoms with E-state index in [9.17, 15) is 8.42 Å². The van der Waals surface area contributed by atoms with Crippen LogP contribution >= 0.6 is 0 Å². The maximum absolute atomic E-state index is 12.2. The molecule has 108 valence electrons. The van der Waals surface area contributed by atoms with Gasteiger partial charge in [-0.15, -0.1) is 0 Å². The second kappa shape index (κ2) is 6.35. The molecule has 0 spiro atoms. The minimum atomic E-state index is -3.51. The monoisotopic (exact) mass is 293 g/mol. The fourth-order valence-electron chi connectivity index (χ4n) is 2.14. The molecule has 1 heterocycles. The molecule has 1 aromatic rings. The SMILES string of the molecule is CCCC1CC1NS(=O)(=O)c1cncc(C#CCN)c1. The van der Waals surface area contributed by atoms with Crippen LogP contribution in [-0.2, 0) is 10.0 Å². The molecule has 20 heavy (non-hydrogen) atoms. The number of hydrogen-bond donors (Lipinski definition) is 2. The van der Waals surface area contributed by atoms with Crippen molar-refractivity contribution in [1.29, 1.82) is 0 Å². The summed E-state index contributed by atoms with van der Waals surface area (Å²) in [7, 11) is -3.51. The Morgan fingerprint density at radius 1 is 1.50 bits per heavy atom. The Hall–Kier alpha value is -1.42. The Labute approximate surface area is 120 Å². The highest BCUT2D eigenvalue weighted by atomic mass is 32.2. The summed E-state index contributed by atoms with van der Waals surface area (Å²) in [6, 6.07) is 1.59. The molecule has 1 fully saturated rings. The molecule has 0 radical (unpaired) electrons. The summed E-state index contributed by atoms with van der Waals surface area (Å²) >= 11 is 0. The second-order valence-electron chi connectivity index (χ2n) is 4.93. The van der Waals surface area contributed by atoms with Crippen molar-refractivity contribution < 1.29 is 8.42 Å². The Morgan fingerprint density at radius 3 is 3.00 bits per heavy atom. The number of hydrogen-bond acceptors (Lipinski definition) is 4. The zero-order valence-corrected chi connectivity index (χ0v) is 12.3. The molecular weight excluding hydrogens is 274 g/mol. The second-order valence-corrected chi connectivity index (χ2v) is 6.64. The van der Waals surface area contributed by atoms with Crippen LogP contribution in [0, 0.1) is 17.8 Å². The maximum atomic E-state index is 12.2. The summed E-state index contributed by atoms with van der Waals surface area (Å²) in [6.45, 7) is 2.34. The fraction of sp³-hybridized carbons (Fsp3) is 0.500. The molecule has 1 aromatic heterocycles. The summed E-state index contributed by atoms with van der Waals surface area (Å²) in [5.41, 5.74) is 5.85. The zero-order valence-electron chi connectivity index (χ0n) is 11.5. The van der Waals surface area contributed by atoms with Gasteiger partial charge in [-0.25, -0.2) is 13.1 Å². The molecular formula is C14H19N3O2S. The van der Waals surface area contributed by atoms with Crippen LogP contribution in [0.1, 0.15) is 31.7 Å². The Bertz CT molecular complexity index is 631. The number of nitrogens with two attached hydrogens (primary N) is 1. The van der Waals surface area contributed by atoms with E-state index >= 15 is 0 Å². The Morgan fingerprint density at radius 2 is 2.30 bits per heavy atom. The molecule has 0 saturated heterocycles. The van der Waals surface area contributed by atoms with Crippen LogP contribution in [0.4, 0.5) is 0 Å². The molecule has 1 aliphatic rings. The van der Waals surface area contributed by atoms with E-state index in [4.69, 9.17) is 5.73 Å². The Kier molecular flexibility index (Phi) is 4.76. The van der Waals surface area contributed by atoms with Crippen molar-refractivity contribution >= 4 is 10.0 Å². The average Bonchev–Trinajstić information content (AvgIpc) is 3.14. The van der Waals surface area contributed by atoms with Crippen molar-refractivity contribution in [2.75, 3.05) is 6.54 Å². The lowest BCUT2D eigenvalue weighted by Crippen LogP contribution is -2.27. The maximum Gasteiger partial charge on any atom is 0.242 e. The highest BCUT2D eigenvalue weighted by Gasteiger charge is 2.39. The summed E-state index contributed by atoms with van der Waals surface area (Å²) in [5, 5.41) is 0. The van der Waals surface area contributed by atoms with E-state index in [1.54, 1.807) is 0 Å². The van der Waals surface area contributed by atoms with E-state index in [0.29, 0.717) is 11.5 Å². The van der Waals surface area contributed by atoms with Crippen molar-refractivity contribution in [3.8, 4) is 11.8 Å². The van der Waals surface area contributed by atoms with Crippen molar-refractivity contribution in [1.82, 2.24) is 9.71 Å². The molecule has 6 heteroatoms. The number of pyridine rings is 1. The summed E-state index contributed by atoms with van der Waals surface area (Å²) in [4.78, 5) is 4.08. The number of sulfonamides is 1. The van der Waals surface area contributed by atoms with Gasteiger partial charge in [0, 0.05) is 24.0 Å². The van der Waals surface area contributed by atoms with Gasteiger partial charge in [0.2, 0.25) is 10.0 Å². The van der Waals surface area contributed by atoms with Gasteiger partial charge >= 0.3 is 0 Å². The highest BCUT2D eigenvalue weighted by Crippen LogP contribution is 2.35.